The Morgan fingerprint density at radius 3 is 2.76 bits per heavy atom. The van der Waals surface area contributed by atoms with Crippen LogP contribution in [0.3, 0.4) is 0 Å². The molecule has 2 aromatic carbocycles. The summed E-state index contributed by atoms with van der Waals surface area (Å²) >= 11 is 1.59. The predicted octanol–water partition coefficient (Wildman–Crippen LogP) is 3.86. The van der Waals surface area contributed by atoms with Gasteiger partial charge in [-0.1, -0.05) is 36.1 Å². The van der Waals surface area contributed by atoms with E-state index < -0.39 is 11.5 Å². The lowest BCUT2D eigenvalue weighted by atomic mass is 9.85. The minimum Gasteiger partial charge on any atom is -0.479 e. The predicted molar refractivity (Wildman–Crippen MR) is 148 cm³/mol. The van der Waals surface area contributed by atoms with Crippen molar-refractivity contribution in [2.45, 2.75) is 37.3 Å². The first-order chi connectivity index (χ1) is 18.0. The Labute approximate surface area is 222 Å². The van der Waals surface area contributed by atoms with Crippen LogP contribution in [0.2, 0.25) is 0 Å². The highest BCUT2D eigenvalue weighted by molar-refractivity contribution is 7.98. The van der Waals surface area contributed by atoms with Gasteiger partial charge in [-0.3, -0.25) is 4.84 Å². The standard InChI is InChI=1S/C28H34N4O4S/c1-31-16-13-23(14-17-31)36-32(27-29-24-11-3-4-12-25(24)30-27)28(26(34)35,15-19-37-2)22-10-7-9-21(20-22)8-5-6-18-33/h3-4,7,9-12,20,23,33H,6,13-19H2,1-2H3,(H,29,30)(H,34,35)/t28-/m0/s1. The van der Waals surface area contributed by atoms with E-state index in [-0.39, 0.29) is 12.7 Å². The van der Waals surface area contributed by atoms with Crippen LogP contribution in [0.1, 0.15) is 36.8 Å². The van der Waals surface area contributed by atoms with E-state index in [2.05, 4.69) is 28.8 Å². The summed E-state index contributed by atoms with van der Waals surface area (Å²) in [5.74, 6) is 5.92. The van der Waals surface area contributed by atoms with Crippen LogP contribution in [-0.2, 0) is 15.2 Å². The number of imidazole rings is 1. The summed E-state index contributed by atoms with van der Waals surface area (Å²) in [4.78, 5) is 30.3. The molecule has 1 aliphatic heterocycles. The summed E-state index contributed by atoms with van der Waals surface area (Å²) in [5, 5.41) is 21.6. The zero-order chi connectivity index (χ0) is 26.3. The van der Waals surface area contributed by atoms with Gasteiger partial charge >= 0.3 is 5.97 Å². The SMILES string of the molecule is CSCC[C@@](C(=O)O)(c1cccc(C#CCCO)c1)N(OC1CCN(C)CC1)c1nc2ccccc2[nH]1. The molecule has 1 aliphatic rings. The van der Waals surface area contributed by atoms with Crippen LogP contribution in [-0.4, -0.2) is 75.9 Å². The summed E-state index contributed by atoms with van der Waals surface area (Å²) < 4.78 is 0. The minimum atomic E-state index is -1.55. The minimum absolute atomic E-state index is 0.0241. The van der Waals surface area contributed by atoms with E-state index in [4.69, 9.17) is 14.9 Å². The molecule has 8 nitrogen and oxygen atoms in total. The molecule has 4 rings (SSSR count). The maximum absolute atomic E-state index is 13.4. The Kier molecular flexibility index (Phi) is 9.11. The van der Waals surface area contributed by atoms with E-state index in [9.17, 15) is 9.90 Å². The van der Waals surface area contributed by atoms with Crippen LogP contribution in [0.15, 0.2) is 48.5 Å². The molecule has 0 bridgehead atoms. The van der Waals surface area contributed by atoms with Gasteiger partial charge in [-0.15, -0.1) is 0 Å². The first kappa shape index (κ1) is 27.0. The normalized spacial score (nSPS) is 16.2. The number of aromatic amines is 1. The molecule has 1 aromatic heterocycles. The third-order valence-electron chi connectivity index (χ3n) is 6.67. The first-order valence-electron chi connectivity index (χ1n) is 12.5. The fraction of sp³-hybridized carbons (Fsp3) is 0.429. The van der Waals surface area contributed by atoms with Crippen molar-refractivity contribution in [2.24, 2.45) is 0 Å². The van der Waals surface area contributed by atoms with Gasteiger partial charge in [-0.2, -0.15) is 16.8 Å². The number of piperidine rings is 1. The lowest BCUT2D eigenvalue weighted by molar-refractivity contribution is -0.151. The number of H-pyrrole nitrogens is 1. The number of thioether (sulfide) groups is 1. The molecule has 3 aromatic rings. The van der Waals surface area contributed by atoms with E-state index in [0.717, 1.165) is 37.0 Å². The van der Waals surface area contributed by atoms with Crippen molar-refractivity contribution in [1.29, 1.82) is 0 Å². The molecule has 196 valence electrons. The number of hydroxylamine groups is 1. The number of aliphatic hydroxyl groups is 1. The van der Waals surface area contributed by atoms with E-state index in [1.54, 1.807) is 11.8 Å². The number of carbonyl (C=O) groups is 1. The molecular formula is C28H34N4O4S. The number of nitrogens with one attached hydrogen (secondary N) is 1. The zero-order valence-electron chi connectivity index (χ0n) is 21.3. The molecule has 0 amide bonds. The van der Waals surface area contributed by atoms with Crippen molar-refractivity contribution in [3.05, 3.63) is 59.7 Å². The Morgan fingerprint density at radius 1 is 1.27 bits per heavy atom. The molecule has 0 radical (unpaired) electrons. The second kappa shape index (κ2) is 12.5. The number of hydrogen-bond donors (Lipinski definition) is 3. The van der Waals surface area contributed by atoms with Gasteiger partial charge in [0, 0.05) is 25.1 Å². The number of likely N-dealkylation sites (tertiary alicyclic amines) is 1. The number of carboxylic acids is 1. The number of aliphatic hydroxyl groups excluding tert-OH is 1. The Morgan fingerprint density at radius 2 is 2.05 bits per heavy atom. The van der Waals surface area contributed by atoms with Gasteiger partial charge in [0.15, 0.2) is 5.54 Å². The monoisotopic (exact) mass is 522 g/mol. The van der Waals surface area contributed by atoms with Crippen LogP contribution in [0, 0.1) is 11.8 Å². The van der Waals surface area contributed by atoms with E-state index >= 15 is 0 Å². The molecule has 0 unspecified atom stereocenters. The van der Waals surface area contributed by atoms with Crippen molar-refractivity contribution in [1.82, 2.24) is 14.9 Å². The van der Waals surface area contributed by atoms with E-state index in [0.29, 0.717) is 35.7 Å². The number of para-hydroxylation sites is 2. The Balaban J connectivity index is 1.86. The van der Waals surface area contributed by atoms with Crippen LogP contribution < -0.4 is 5.06 Å². The molecule has 9 heteroatoms. The Bertz CT molecular complexity index is 1230. The smallest absolute Gasteiger partial charge is 0.336 e. The highest BCUT2D eigenvalue weighted by Gasteiger charge is 2.49. The third kappa shape index (κ3) is 6.11. The fourth-order valence-electron chi connectivity index (χ4n) is 4.60. The summed E-state index contributed by atoms with van der Waals surface area (Å²) in [6, 6.07) is 14.9. The number of aliphatic carboxylic acids is 1. The third-order valence-corrected chi connectivity index (χ3v) is 7.28. The number of nitrogens with zero attached hydrogens (tertiary/aromatic N) is 3. The second-order valence-corrected chi connectivity index (χ2v) is 10.2. The summed E-state index contributed by atoms with van der Waals surface area (Å²) in [7, 11) is 2.08. The fourth-order valence-corrected chi connectivity index (χ4v) is 5.10. The molecule has 37 heavy (non-hydrogen) atoms. The highest BCUT2D eigenvalue weighted by Crippen LogP contribution is 2.39. The topological polar surface area (TPSA) is 102 Å². The van der Waals surface area contributed by atoms with Gasteiger partial charge < -0.3 is 20.1 Å². The van der Waals surface area contributed by atoms with Crippen LogP contribution >= 0.6 is 11.8 Å². The van der Waals surface area contributed by atoms with Crippen molar-refractivity contribution < 1.29 is 19.8 Å². The van der Waals surface area contributed by atoms with Gasteiger partial charge in [0.05, 0.1) is 23.7 Å². The second-order valence-electron chi connectivity index (χ2n) is 9.24. The highest BCUT2D eigenvalue weighted by atomic mass is 32.2. The molecule has 0 saturated carbocycles. The lowest BCUT2D eigenvalue weighted by Crippen LogP contribution is -2.55. The maximum atomic E-state index is 13.4. The summed E-state index contributed by atoms with van der Waals surface area (Å²) in [6.07, 6.45) is 4.04. The van der Waals surface area contributed by atoms with E-state index in [1.807, 2.05) is 54.8 Å². The lowest BCUT2D eigenvalue weighted by Gasteiger charge is -2.42. The molecule has 1 saturated heterocycles. The first-order valence-corrected chi connectivity index (χ1v) is 13.9. The summed E-state index contributed by atoms with van der Waals surface area (Å²) in [5.41, 5.74) is 1.25. The van der Waals surface area contributed by atoms with Gasteiger partial charge in [0.2, 0.25) is 5.95 Å². The van der Waals surface area contributed by atoms with Crippen LogP contribution in [0.5, 0.6) is 0 Å². The number of anilines is 1. The average molecular weight is 523 g/mol. The van der Waals surface area contributed by atoms with E-state index in [1.165, 1.54) is 5.06 Å². The van der Waals surface area contributed by atoms with Crippen LogP contribution in [0.25, 0.3) is 11.0 Å². The maximum Gasteiger partial charge on any atom is 0.336 e. The van der Waals surface area contributed by atoms with Crippen LogP contribution in [0.4, 0.5) is 5.95 Å². The molecule has 1 fully saturated rings. The number of fused-ring (bicyclic) bond motifs is 1. The van der Waals surface area contributed by atoms with Gasteiger partial charge in [0.25, 0.3) is 0 Å². The number of benzene rings is 2. The Hall–Kier alpha value is -3.03. The van der Waals surface area contributed by atoms with Crippen molar-refractivity contribution in [3.63, 3.8) is 0 Å². The number of rotatable bonds is 10. The largest absolute Gasteiger partial charge is 0.479 e. The molecular weight excluding hydrogens is 488 g/mol. The van der Waals surface area contributed by atoms with Gasteiger partial charge in [0.1, 0.15) is 0 Å². The van der Waals surface area contributed by atoms with Crippen molar-refractivity contribution in [3.8, 4) is 11.8 Å². The van der Waals surface area contributed by atoms with Crippen molar-refractivity contribution in [2.75, 3.05) is 43.8 Å². The molecule has 3 N–H and O–H groups in total. The molecule has 2 heterocycles. The number of aromatic nitrogens is 2. The van der Waals surface area contributed by atoms with Gasteiger partial charge in [-0.05, 0) is 68.1 Å². The quantitative estimate of drug-likeness (QED) is 0.273. The number of hydrogen-bond acceptors (Lipinski definition) is 7. The molecule has 0 spiro atoms. The van der Waals surface area contributed by atoms with Crippen molar-refractivity contribution >= 4 is 34.7 Å². The zero-order valence-corrected chi connectivity index (χ0v) is 22.1. The average Bonchev–Trinajstić information content (AvgIpc) is 3.34. The summed E-state index contributed by atoms with van der Waals surface area (Å²) in [6.45, 7) is 1.72. The van der Waals surface area contributed by atoms with Gasteiger partial charge in [-0.25, -0.2) is 9.78 Å². The molecule has 0 aliphatic carbocycles. The number of carboxylic acid groups (broad SMARTS) is 1. The molecule has 1 atom stereocenters.